The van der Waals surface area contributed by atoms with Gasteiger partial charge in [-0.05, 0) is 24.3 Å². The summed E-state index contributed by atoms with van der Waals surface area (Å²) in [4.78, 5) is 2.43. The highest BCUT2D eigenvalue weighted by atomic mass is 16.5. The maximum atomic E-state index is 5.70. The highest BCUT2D eigenvalue weighted by Gasteiger charge is 2.34. The van der Waals surface area contributed by atoms with Crippen LogP contribution in [0.15, 0.2) is 30.3 Å². The van der Waals surface area contributed by atoms with E-state index in [2.05, 4.69) is 66.1 Å². The zero-order chi connectivity index (χ0) is 21.0. The Balaban J connectivity index is 1.55. The number of nitrogens with one attached hydrogen (secondary N) is 1. The molecule has 3 heterocycles. The predicted octanol–water partition coefficient (Wildman–Crippen LogP) is 3.22. The van der Waals surface area contributed by atoms with Gasteiger partial charge in [0.05, 0.1) is 18.9 Å². The molecule has 0 spiro atoms. The normalized spacial score (nSPS) is 19.4. The Labute approximate surface area is 180 Å². The van der Waals surface area contributed by atoms with E-state index in [0.29, 0.717) is 5.92 Å². The fourth-order valence-corrected chi connectivity index (χ4v) is 4.93. The van der Waals surface area contributed by atoms with Gasteiger partial charge in [-0.2, -0.15) is 5.10 Å². The van der Waals surface area contributed by atoms with Crippen LogP contribution in [-0.4, -0.2) is 55.8 Å². The number of nitrogens with zero attached hydrogens (tertiary/aromatic N) is 3. The number of rotatable bonds is 7. The molecular formula is C24H36N4O2. The minimum Gasteiger partial charge on any atom is -0.381 e. The highest BCUT2D eigenvalue weighted by Crippen LogP contribution is 2.35. The van der Waals surface area contributed by atoms with E-state index < -0.39 is 0 Å². The summed E-state index contributed by atoms with van der Waals surface area (Å²) in [5.74, 6) is 1.64. The monoisotopic (exact) mass is 412 g/mol. The third kappa shape index (κ3) is 4.41. The van der Waals surface area contributed by atoms with Gasteiger partial charge in [0.2, 0.25) is 0 Å². The van der Waals surface area contributed by atoms with Crippen LogP contribution in [0.2, 0.25) is 0 Å². The van der Waals surface area contributed by atoms with Gasteiger partial charge in [-0.15, -0.1) is 0 Å². The minimum atomic E-state index is 0.138. The van der Waals surface area contributed by atoms with E-state index in [1.54, 1.807) is 0 Å². The summed E-state index contributed by atoms with van der Waals surface area (Å²) >= 11 is 0. The van der Waals surface area contributed by atoms with Gasteiger partial charge in [0, 0.05) is 57.4 Å². The Bertz CT molecular complexity index is 806. The summed E-state index contributed by atoms with van der Waals surface area (Å²) < 4.78 is 13.4. The number of hydrogen-bond acceptors (Lipinski definition) is 5. The van der Waals surface area contributed by atoms with E-state index in [1.807, 2.05) is 0 Å². The van der Waals surface area contributed by atoms with Crippen LogP contribution in [0.1, 0.15) is 49.4 Å². The molecule has 6 heteroatoms. The lowest BCUT2D eigenvalue weighted by Crippen LogP contribution is -2.43. The van der Waals surface area contributed by atoms with Gasteiger partial charge >= 0.3 is 0 Å². The SMILES string of the molecule is CC(C)c1nn(C)c(N2CCOCC2)c1CNCC1(c2ccccc2)CCOCC1. The quantitative estimate of drug-likeness (QED) is 0.757. The average molecular weight is 413 g/mol. The lowest BCUT2D eigenvalue weighted by Gasteiger charge is -2.38. The molecule has 1 N–H and O–H groups in total. The van der Waals surface area contributed by atoms with Crippen molar-refractivity contribution in [3.05, 3.63) is 47.2 Å². The second-order valence-electron chi connectivity index (χ2n) is 8.93. The second-order valence-corrected chi connectivity index (χ2v) is 8.93. The van der Waals surface area contributed by atoms with Crippen LogP contribution >= 0.6 is 0 Å². The van der Waals surface area contributed by atoms with Crippen LogP contribution in [-0.2, 0) is 28.5 Å². The first-order valence-electron chi connectivity index (χ1n) is 11.3. The summed E-state index contributed by atoms with van der Waals surface area (Å²) in [7, 11) is 2.07. The number of anilines is 1. The summed E-state index contributed by atoms with van der Waals surface area (Å²) in [5.41, 5.74) is 4.10. The summed E-state index contributed by atoms with van der Waals surface area (Å²) in [5, 5.41) is 8.73. The zero-order valence-electron chi connectivity index (χ0n) is 18.7. The first-order chi connectivity index (χ1) is 14.6. The highest BCUT2D eigenvalue weighted by molar-refractivity contribution is 5.51. The van der Waals surface area contributed by atoms with Crippen LogP contribution < -0.4 is 10.2 Å². The molecule has 2 aromatic rings. The Morgan fingerprint density at radius 3 is 2.37 bits per heavy atom. The van der Waals surface area contributed by atoms with Crippen molar-refractivity contribution in [1.29, 1.82) is 0 Å². The third-order valence-electron chi connectivity index (χ3n) is 6.60. The third-order valence-corrected chi connectivity index (χ3v) is 6.60. The molecule has 1 aromatic heterocycles. The Hall–Kier alpha value is -1.89. The van der Waals surface area contributed by atoms with Crippen molar-refractivity contribution in [1.82, 2.24) is 15.1 Å². The molecule has 0 radical (unpaired) electrons. The number of ether oxygens (including phenoxy) is 2. The molecule has 164 valence electrons. The summed E-state index contributed by atoms with van der Waals surface area (Å²) in [6.45, 7) is 11.3. The topological polar surface area (TPSA) is 51.5 Å². The number of aromatic nitrogens is 2. The van der Waals surface area contributed by atoms with Crippen molar-refractivity contribution >= 4 is 5.82 Å². The largest absolute Gasteiger partial charge is 0.381 e. The van der Waals surface area contributed by atoms with E-state index in [0.717, 1.165) is 65.4 Å². The molecule has 4 rings (SSSR count). The molecule has 1 aromatic carbocycles. The molecular weight excluding hydrogens is 376 g/mol. The van der Waals surface area contributed by atoms with Gasteiger partial charge in [-0.3, -0.25) is 4.68 Å². The van der Waals surface area contributed by atoms with Gasteiger partial charge in [-0.1, -0.05) is 44.2 Å². The van der Waals surface area contributed by atoms with Crippen LogP contribution in [0.3, 0.4) is 0 Å². The van der Waals surface area contributed by atoms with Crippen LogP contribution in [0.4, 0.5) is 5.82 Å². The molecule has 2 aliphatic rings. The van der Waals surface area contributed by atoms with Gasteiger partial charge in [-0.25, -0.2) is 0 Å². The Kier molecular flexibility index (Phi) is 6.76. The molecule has 0 saturated carbocycles. The fourth-order valence-electron chi connectivity index (χ4n) is 4.93. The maximum absolute atomic E-state index is 5.70. The first-order valence-corrected chi connectivity index (χ1v) is 11.3. The number of benzene rings is 1. The number of aryl methyl sites for hydroxylation is 1. The Morgan fingerprint density at radius 2 is 1.70 bits per heavy atom. The van der Waals surface area contributed by atoms with Gasteiger partial charge in [0.25, 0.3) is 0 Å². The molecule has 2 aliphatic heterocycles. The molecule has 0 amide bonds. The van der Waals surface area contributed by atoms with E-state index >= 15 is 0 Å². The zero-order valence-corrected chi connectivity index (χ0v) is 18.7. The van der Waals surface area contributed by atoms with Crippen molar-refractivity contribution < 1.29 is 9.47 Å². The van der Waals surface area contributed by atoms with E-state index in [1.165, 1.54) is 22.6 Å². The molecule has 0 unspecified atom stereocenters. The van der Waals surface area contributed by atoms with E-state index in [4.69, 9.17) is 14.6 Å². The standard InChI is InChI=1S/C24H36N4O2/c1-19(2)22-21(23(27(3)26-22)28-11-15-30-16-12-28)17-25-18-24(9-13-29-14-10-24)20-7-5-4-6-8-20/h4-8,19,25H,9-18H2,1-3H3. The van der Waals surface area contributed by atoms with Crippen molar-refractivity contribution in [2.75, 3.05) is 51.0 Å². The van der Waals surface area contributed by atoms with Crippen molar-refractivity contribution in [2.45, 2.75) is 44.6 Å². The molecule has 6 nitrogen and oxygen atoms in total. The van der Waals surface area contributed by atoms with Gasteiger partial charge in [0.15, 0.2) is 0 Å². The molecule has 2 saturated heterocycles. The summed E-state index contributed by atoms with van der Waals surface area (Å²) in [6.07, 6.45) is 2.12. The predicted molar refractivity (Wildman–Crippen MR) is 120 cm³/mol. The average Bonchev–Trinajstić information content (AvgIpc) is 3.12. The summed E-state index contributed by atoms with van der Waals surface area (Å²) in [6, 6.07) is 11.0. The van der Waals surface area contributed by atoms with Crippen molar-refractivity contribution in [2.24, 2.45) is 7.05 Å². The number of morpholine rings is 1. The fraction of sp³-hybridized carbons (Fsp3) is 0.625. The molecule has 2 fully saturated rings. The Morgan fingerprint density at radius 1 is 1.03 bits per heavy atom. The van der Waals surface area contributed by atoms with Crippen LogP contribution in [0, 0.1) is 0 Å². The number of hydrogen-bond donors (Lipinski definition) is 1. The second kappa shape index (κ2) is 9.50. The first kappa shape index (κ1) is 21.3. The van der Waals surface area contributed by atoms with Crippen LogP contribution in [0.5, 0.6) is 0 Å². The molecule has 30 heavy (non-hydrogen) atoms. The molecule has 0 aliphatic carbocycles. The minimum absolute atomic E-state index is 0.138. The van der Waals surface area contributed by atoms with Crippen molar-refractivity contribution in [3.63, 3.8) is 0 Å². The van der Waals surface area contributed by atoms with Crippen LogP contribution in [0.25, 0.3) is 0 Å². The van der Waals surface area contributed by atoms with E-state index in [9.17, 15) is 0 Å². The lowest BCUT2D eigenvalue weighted by molar-refractivity contribution is 0.0498. The maximum Gasteiger partial charge on any atom is 0.131 e. The molecule has 0 atom stereocenters. The lowest BCUT2D eigenvalue weighted by atomic mass is 9.74. The van der Waals surface area contributed by atoms with E-state index in [-0.39, 0.29) is 5.41 Å². The molecule has 0 bridgehead atoms. The van der Waals surface area contributed by atoms with Crippen molar-refractivity contribution in [3.8, 4) is 0 Å². The van der Waals surface area contributed by atoms with Gasteiger partial charge < -0.3 is 19.7 Å². The van der Waals surface area contributed by atoms with Gasteiger partial charge in [0.1, 0.15) is 5.82 Å². The smallest absolute Gasteiger partial charge is 0.131 e.